The number of piperidine rings is 1. The van der Waals surface area contributed by atoms with Crippen molar-refractivity contribution >= 4 is 0 Å². The molecule has 3 fully saturated rings. The minimum absolute atomic E-state index is 0. The molecule has 2 unspecified atom stereocenters. The molecule has 7 nitrogen and oxygen atoms in total. The van der Waals surface area contributed by atoms with Crippen molar-refractivity contribution in [2.24, 2.45) is 35.5 Å². The monoisotopic (exact) mass is 652 g/mol. The fourth-order valence-corrected chi connectivity index (χ4v) is 5.76. The fourth-order valence-electron chi connectivity index (χ4n) is 5.76. The quantitative estimate of drug-likeness (QED) is 0.300. The molecule has 1 aliphatic carbocycles. The van der Waals surface area contributed by atoms with Crippen LogP contribution in [0.1, 0.15) is 162 Å². The van der Waals surface area contributed by atoms with Crippen molar-refractivity contribution < 1.29 is 0 Å². The van der Waals surface area contributed by atoms with Crippen LogP contribution in [0.5, 0.6) is 0 Å². The highest BCUT2D eigenvalue weighted by atomic mass is 15.3. The highest BCUT2D eigenvalue weighted by molar-refractivity contribution is 4.88. The van der Waals surface area contributed by atoms with Gasteiger partial charge in [-0.05, 0) is 114 Å². The minimum Gasteiger partial charge on any atom is -0.335 e. The van der Waals surface area contributed by atoms with Crippen molar-refractivity contribution in [2.75, 3.05) is 26.2 Å². The molecular formula is C39H85N7. The number of nitrogens with zero attached hydrogens (tertiary/aromatic N) is 4. The first-order valence-electron chi connectivity index (χ1n) is 17.4. The molecule has 3 aliphatic rings. The number of imidazole rings is 1. The largest absolute Gasteiger partial charge is 0.335 e. The second-order valence-corrected chi connectivity index (χ2v) is 13.7. The van der Waals surface area contributed by atoms with Gasteiger partial charge in [0, 0.05) is 18.4 Å². The summed E-state index contributed by atoms with van der Waals surface area (Å²) in [6.07, 6.45) is 21.2. The Kier molecular flexibility index (Phi) is 35.4. The lowest BCUT2D eigenvalue weighted by atomic mass is 9.89. The Bertz CT molecular complexity index is 796. The van der Waals surface area contributed by atoms with Gasteiger partial charge in [0.15, 0.2) is 0 Å². The molecule has 5 rings (SSSR count). The van der Waals surface area contributed by atoms with Crippen LogP contribution in [-0.4, -0.2) is 51.1 Å². The third-order valence-corrected chi connectivity index (χ3v) is 9.13. The van der Waals surface area contributed by atoms with Crippen LogP contribution in [0.25, 0.3) is 0 Å². The summed E-state index contributed by atoms with van der Waals surface area (Å²) in [5, 5.41) is 16.8. The summed E-state index contributed by atoms with van der Waals surface area (Å²) in [5.41, 5.74) is 1.01. The smallest absolute Gasteiger partial charge is 0.0948 e. The maximum Gasteiger partial charge on any atom is 0.0948 e. The second-order valence-electron chi connectivity index (χ2n) is 13.7. The Morgan fingerprint density at radius 1 is 0.696 bits per heavy atom. The van der Waals surface area contributed by atoms with Gasteiger partial charge >= 0.3 is 0 Å². The number of aryl methyl sites for hydroxylation is 1. The van der Waals surface area contributed by atoms with E-state index in [0.29, 0.717) is 6.04 Å². The molecule has 1 saturated carbocycles. The first kappa shape index (κ1) is 51.1. The molecule has 0 aromatic carbocycles. The van der Waals surface area contributed by atoms with Crippen molar-refractivity contribution in [3.05, 3.63) is 30.6 Å². The lowest BCUT2D eigenvalue weighted by molar-refractivity contribution is 0.296. The van der Waals surface area contributed by atoms with Crippen LogP contribution >= 0.6 is 0 Å². The van der Waals surface area contributed by atoms with E-state index in [2.05, 4.69) is 91.0 Å². The van der Waals surface area contributed by atoms with E-state index >= 15 is 0 Å². The van der Waals surface area contributed by atoms with E-state index in [1.165, 1.54) is 84.0 Å². The van der Waals surface area contributed by atoms with E-state index in [1.807, 2.05) is 19.4 Å². The van der Waals surface area contributed by atoms with Gasteiger partial charge in [0.1, 0.15) is 0 Å². The Morgan fingerprint density at radius 2 is 1.22 bits per heavy atom. The topological polar surface area (TPSA) is 83.5 Å². The lowest BCUT2D eigenvalue weighted by Crippen LogP contribution is -2.32. The zero-order valence-electron chi connectivity index (χ0n) is 29.0. The van der Waals surface area contributed by atoms with Gasteiger partial charge in [-0.15, -0.1) is 0 Å². The summed E-state index contributed by atoms with van der Waals surface area (Å²) < 4.78 is 2.06. The van der Waals surface area contributed by atoms with Gasteiger partial charge in [0.05, 0.1) is 18.2 Å². The van der Waals surface area contributed by atoms with E-state index in [9.17, 15) is 0 Å². The number of H-pyrrole nitrogens is 1. The molecule has 2 aliphatic heterocycles. The van der Waals surface area contributed by atoms with Crippen LogP contribution in [0, 0.1) is 35.5 Å². The van der Waals surface area contributed by atoms with E-state index in [4.69, 9.17) is 0 Å². The van der Waals surface area contributed by atoms with Gasteiger partial charge in [0.2, 0.25) is 0 Å². The summed E-state index contributed by atoms with van der Waals surface area (Å²) in [4.78, 5) is 3.91. The number of aromatic amines is 1. The Morgan fingerprint density at radius 3 is 1.57 bits per heavy atom. The van der Waals surface area contributed by atoms with Crippen molar-refractivity contribution in [2.45, 2.75) is 162 Å². The van der Waals surface area contributed by atoms with Crippen LogP contribution in [0.15, 0.2) is 24.9 Å². The summed E-state index contributed by atoms with van der Waals surface area (Å²) in [6, 6.07) is 0.539. The van der Waals surface area contributed by atoms with E-state index in [0.717, 1.165) is 47.6 Å². The molecule has 2 atom stereocenters. The number of aromatic nitrogens is 5. The number of hydrogen-bond acceptors (Lipinski definition) is 5. The molecular weight excluding hydrogens is 566 g/mol. The average molecular weight is 652 g/mol. The molecule has 0 bridgehead atoms. The molecule has 46 heavy (non-hydrogen) atoms. The summed E-state index contributed by atoms with van der Waals surface area (Å²) >= 11 is 0. The van der Waals surface area contributed by atoms with E-state index < -0.39 is 0 Å². The van der Waals surface area contributed by atoms with Crippen LogP contribution in [0.2, 0.25) is 0 Å². The van der Waals surface area contributed by atoms with Crippen molar-refractivity contribution in [3.63, 3.8) is 0 Å². The first-order valence-corrected chi connectivity index (χ1v) is 17.4. The predicted molar refractivity (Wildman–Crippen MR) is 208 cm³/mol. The number of nitrogens with one attached hydrogen (secondary N) is 3. The summed E-state index contributed by atoms with van der Waals surface area (Å²) in [7, 11) is 0. The summed E-state index contributed by atoms with van der Waals surface area (Å²) in [6.45, 7) is 25.3. The Labute approximate surface area is 289 Å². The van der Waals surface area contributed by atoms with E-state index in [-0.39, 0.29) is 29.7 Å². The van der Waals surface area contributed by atoms with Crippen molar-refractivity contribution in [1.29, 1.82) is 0 Å². The zero-order chi connectivity index (χ0) is 31.2. The van der Waals surface area contributed by atoms with Crippen LogP contribution < -0.4 is 10.6 Å². The van der Waals surface area contributed by atoms with Crippen LogP contribution in [-0.2, 0) is 6.42 Å². The lowest BCUT2D eigenvalue weighted by Gasteiger charge is -2.25. The Hall–Kier alpha value is -1.73. The van der Waals surface area contributed by atoms with Gasteiger partial charge in [-0.25, -0.2) is 4.98 Å². The Balaban J connectivity index is -0.000000236. The molecule has 2 aromatic heterocycles. The standard InChI is InChI=1S/C9H19N.C8H17N.C8H16.C6H10N2.C4H7N3.4CH4/c1-8(2)9-4-3-6-10-7-5-9;1-7(2)8-4-3-5-9-6-8;1-7(2)8-5-3-4-6-8;1-6(2)8-4-3-7-5-8;1-2-4-3-5-7-6-4;;;;/h8-10H,3-7H2,1-2H3;7-9H,3-6H2,1-2H3;7-8H,3-6H2,1-2H3;3-6H,1-2H3;3H,2H2,1H3,(H,5,6,7);4*1H4. The van der Waals surface area contributed by atoms with Crippen LogP contribution in [0.3, 0.4) is 0 Å². The maximum absolute atomic E-state index is 3.91. The number of hydrogen-bond donors (Lipinski definition) is 3. The zero-order valence-corrected chi connectivity index (χ0v) is 29.0. The molecule has 7 heteroatoms. The normalized spacial score (nSPS) is 19.1. The molecule has 2 saturated heterocycles. The molecule has 3 N–H and O–H groups in total. The number of rotatable bonds is 5. The van der Waals surface area contributed by atoms with Gasteiger partial charge in [0.25, 0.3) is 0 Å². The molecule has 2 aromatic rings. The summed E-state index contributed by atoms with van der Waals surface area (Å²) in [5.74, 6) is 5.69. The third kappa shape index (κ3) is 24.4. The second kappa shape index (κ2) is 31.8. The van der Waals surface area contributed by atoms with Crippen molar-refractivity contribution in [3.8, 4) is 0 Å². The SMILES string of the molecule is C.C.C.C.CC(C)C1CCCC1.CC(C)C1CCCNC1.CC(C)C1CCCNCC1.CC(C)n1ccnc1.CCc1cn[nH]n1. The average Bonchev–Trinajstić information content (AvgIpc) is 3.77. The maximum atomic E-state index is 3.91. The van der Waals surface area contributed by atoms with Gasteiger partial charge in [-0.2, -0.15) is 15.4 Å². The first-order chi connectivity index (χ1) is 20.1. The highest BCUT2D eigenvalue weighted by Gasteiger charge is 2.17. The third-order valence-electron chi connectivity index (χ3n) is 9.13. The minimum atomic E-state index is 0. The molecule has 0 amide bonds. The molecule has 0 radical (unpaired) electrons. The van der Waals surface area contributed by atoms with Gasteiger partial charge < -0.3 is 15.2 Å². The van der Waals surface area contributed by atoms with Crippen molar-refractivity contribution in [1.82, 2.24) is 35.6 Å². The molecule has 276 valence electrons. The van der Waals surface area contributed by atoms with Gasteiger partial charge in [-0.1, -0.05) is 104 Å². The molecule has 0 spiro atoms. The highest BCUT2D eigenvalue weighted by Crippen LogP contribution is 2.30. The van der Waals surface area contributed by atoms with E-state index in [1.54, 1.807) is 12.4 Å². The van der Waals surface area contributed by atoms with Gasteiger partial charge in [-0.3, -0.25) is 0 Å². The molecule has 4 heterocycles. The fraction of sp³-hybridized carbons (Fsp3) is 0.872. The predicted octanol–water partition coefficient (Wildman–Crippen LogP) is 10.9. The van der Waals surface area contributed by atoms with Crippen LogP contribution in [0.4, 0.5) is 0 Å².